The smallest absolute Gasteiger partial charge is 0.0669 e. The van der Waals surface area contributed by atoms with Gasteiger partial charge in [0.1, 0.15) is 0 Å². The molecule has 74 valence electrons. The van der Waals surface area contributed by atoms with Crippen LogP contribution in [0.2, 0.25) is 0 Å². The van der Waals surface area contributed by atoms with Crippen molar-refractivity contribution >= 4 is 18.1 Å². The number of hydrogen-bond donors (Lipinski definition) is 2. The summed E-state index contributed by atoms with van der Waals surface area (Å²) in [7, 11) is 0. The maximum absolute atomic E-state index is 5.22. The Bertz CT molecular complexity index is 251. The minimum absolute atomic E-state index is 0. The third-order valence-corrected chi connectivity index (χ3v) is 1.70. The van der Waals surface area contributed by atoms with Gasteiger partial charge in [0.05, 0.1) is 11.9 Å². The number of pyridine rings is 1. The van der Waals surface area contributed by atoms with Crippen molar-refractivity contribution in [3.63, 3.8) is 0 Å². The van der Waals surface area contributed by atoms with Gasteiger partial charge in [0.15, 0.2) is 0 Å². The summed E-state index contributed by atoms with van der Waals surface area (Å²) in [6.45, 7) is 6.39. The predicted octanol–water partition coefficient (Wildman–Crippen LogP) is 2.09. The van der Waals surface area contributed by atoms with Gasteiger partial charge < -0.3 is 5.43 Å². The average molecular weight is 202 g/mol. The molecule has 3 nitrogen and oxygen atoms in total. The van der Waals surface area contributed by atoms with Crippen LogP contribution >= 0.6 is 12.4 Å². The first-order chi connectivity index (χ1) is 5.54. The van der Waals surface area contributed by atoms with Crippen LogP contribution in [-0.4, -0.2) is 4.98 Å². The fourth-order valence-electron chi connectivity index (χ4n) is 0.923. The molecule has 0 spiro atoms. The lowest BCUT2D eigenvalue weighted by Gasteiger charge is -2.17. The lowest BCUT2D eigenvalue weighted by atomic mass is 9.92. The summed E-state index contributed by atoms with van der Waals surface area (Å²) in [4.78, 5) is 4.28. The number of nitrogens with two attached hydrogens (primary N) is 1. The molecule has 1 heterocycles. The first-order valence-electron chi connectivity index (χ1n) is 3.97. The Kier molecular flexibility index (Phi) is 4.17. The van der Waals surface area contributed by atoms with Crippen molar-refractivity contribution in [1.29, 1.82) is 0 Å². The summed E-state index contributed by atoms with van der Waals surface area (Å²) in [5.74, 6) is 5.22. The lowest BCUT2D eigenvalue weighted by Crippen LogP contribution is -2.14. The Hall–Kier alpha value is -0.800. The van der Waals surface area contributed by atoms with Gasteiger partial charge in [0.25, 0.3) is 0 Å². The molecule has 0 bridgehead atoms. The fraction of sp³-hybridized carbons (Fsp3) is 0.444. The summed E-state index contributed by atoms with van der Waals surface area (Å²) in [5, 5.41) is 0. The fourth-order valence-corrected chi connectivity index (χ4v) is 0.923. The van der Waals surface area contributed by atoms with Crippen LogP contribution in [0, 0.1) is 0 Å². The highest BCUT2D eigenvalue weighted by molar-refractivity contribution is 5.85. The quantitative estimate of drug-likeness (QED) is 0.541. The molecule has 0 aliphatic carbocycles. The van der Waals surface area contributed by atoms with E-state index < -0.39 is 0 Å². The summed E-state index contributed by atoms with van der Waals surface area (Å²) in [5.41, 5.74) is 4.55. The van der Waals surface area contributed by atoms with Crippen LogP contribution in [0.3, 0.4) is 0 Å². The number of aromatic nitrogens is 1. The Morgan fingerprint density at radius 1 is 1.31 bits per heavy atom. The second-order valence-electron chi connectivity index (χ2n) is 3.83. The maximum Gasteiger partial charge on any atom is 0.0669 e. The van der Waals surface area contributed by atoms with E-state index in [0.29, 0.717) is 0 Å². The molecular formula is C9H16ClN3. The van der Waals surface area contributed by atoms with Crippen LogP contribution in [0.25, 0.3) is 0 Å². The number of nitrogen functional groups attached to an aromatic ring is 1. The molecule has 1 aromatic rings. The number of halogens is 1. The van der Waals surface area contributed by atoms with Crippen molar-refractivity contribution in [1.82, 2.24) is 4.98 Å². The average Bonchev–Trinajstić information content (AvgIpc) is 2.03. The van der Waals surface area contributed by atoms with Crippen molar-refractivity contribution in [2.45, 2.75) is 26.2 Å². The Morgan fingerprint density at radius 3 is 2.23 bits per heavy atom. The molecule has 0 aromatic carbocycles. The Morgan fingerprint density at radius 2 is 1.92 bits per heavy atom. The molecule has 3 N–H and O–H groups in total. The normalized spacial score (nSPS) is 10.5. The standard InChI is InChI=1S/C9H15N3.ClH/c1-9(2,3)8-5-4-7(12-10)6-11-8;/h4-6,12H,10H2,1-3H3;1H. The van der Waals surface area contributed by atoms with Gasteiger partial charge in [-0.05, 0) is 12.1 Å². The van der Waals surface area contributed by atoms with E-state index in [1.807, 2.05) is 12.1 Å². The van der Waals surface area contributed by atoms with Crippen molar-refractivity contribution in [3.05, 3.63) is 24.0 Å². The highest BCUT2D eigenvalue weighted by Crippen LogP contribution is 2.20. The molecule has 0 aliphatic heterocycles. The number of nitrogens with one attached hydrogen (secondary N) is 1. The topological polar surface area (TPSA) is 50.9 Å². The van der Waals surface area contributed by atoms with Gasteiger partial charge in [-0.15, -0.1) is 12.4 Å². The van der Waals surface area contributed by atoms with E-state index >= 15 is 0 Å². The molecule has 1 rings (SSSR count). The zero-order chi connectivity index (χ0) is 9.19. The number of anilines is 1. The van der Waals surface area contributed by atoms with Gasteiger partial charge in [-0.25, -0.2) is 0 Å². The van der Waals surface area contributed by atoms with E-state index in [0.717, 1.165) is 11.4 Å². The molecule has 0 saturated carbocycles. The second kappa shape index (κ2) is 4.44. The van der Waals surface area contributed by atoms with Gasteiger partial charge >= 0.3 is 0 Å². The van der Waals surface area contributed by atoms with Crippen molar-refractivity contribution in [2.75, 3.05) is 5.43 Å². The summed E-state index contributed by atoms with van der Waals surface area (Å²) in [6, 6.07) is 3.91. The largest absolute Gasteiger partial charge is 0.323 e. The van der Waals surface area contributed by atoms with Crippen LogP contribution in [0.15, 0.2) is 18.3 Å². The minimum atomic E-state index is 0. The zero-order valence-corrected chi connectivity index (χ0v) is 8.98. The van der Waals surface area contributed by atoms with Crippen LogP contribution in [0.5, 0.6) is 0 Å². The zero-order valence-electron chi connectivity index (χ0n) is 8.16. The third kappa shape index (κ3) is 3.20. The summed E-state index contributed by atoms with van der Waals surface area (Å²) >= 11 is 0. The molecule has 13 heavy (non-hydrogen) atoms. The SMILES string of the molecule is CC(C)(C)c1ccc(NN)cn1.Cl. The predicted molar refractivity (Wildman–Crippen MR) is 58.0 cm³/mol. The monoisotopic (exact) mass is 201 g/mol. The van der Waals surface area contributed by atoms with Gasteiger partial charge in [-0.1, -0.05) is 20.8 Å². The molecule has 1 aromatic heterocycles. The molecule has 0 radical (unpaired) electrons. The Balaban J connectivity index is 0.00000144. The molecule has 0 saturated heterocycles. The minimum Gasteiger partial charge on any atom is -0.323 e. The lowest BCUT2D eigenvalue weighted by molar-refractivity contribution is 0.569. The molecule has 0 aliphatic rings. The maximum atomic E-state index is 5.22. The van der Waals surface area contributed by atoms with E-state index in [-0.39, 0.29) is 17.8 Å². The van der Waals surface area contributed by atoms with Crippen molar-refractivity contribution < 1.29 is 0 Å². The van der Waals surface area contributed by atoms with E-state index in [1.165, 1.54) is 0 Å². The number of hydrazine groups is 1. The molecule has 0 fully saturated rings. The number of rotatable bonds is 1. The van der Waals surface area contributed by atoms with Crippen molar-refractivity contribution in [3.8, 4) is 0 Å². The van der Waals surface area contributed by atoms with Crippen LogP contribution < -0.4 is 11.3 Å². The first kappa shape index (κ1) is 12.2. The first-order valence-corrected chi connectivity index (χ1v) is 3.97. The molecule has 0 unspecified atom stereocenters. The Labute approximate surface area is 85.1 Å². The molecule has 0 atom stereocenters. The van der Waals surface area contributed by atoms with Gasteiger partial charge in [-0.2, -0.15) is 0 Å². The highest BCUT2D eigenvalue weighted by Gasteiger charge is 2.14. The van der Waals surface area contributed by atoms with Gasteiger partial charge in [0.2, 0.25) is 0 Å². The third-order valence-electron chi connectivity index (χ3n) is 1.70. The van der Waals surface area contributed by atoms with E-state index in [2.05, 4.69) is 31.2 Å². The highest BCUT2D eigenvalue weighted by atomic mass is 35.5. The van der Waals surface area contributed by atoms with Gasteiger partial charge in [0, 0.05) is 11.1 Å². The van der Waals surface area contributed by atoms with Gasteiger partial charge in [-0.3, -0.25) is 10.8 Å². The van der Waals surface area contributed by atoms with E-state index in [4.69, 9.17) is 5.84 Å². The van der Waals surface area contributed by atoms with Crippen LogP contribution in [0.1, 0.15) is 26.5 Å². The molecule has 0 amide bonds. The number of nitrogens with zero attached hydrogens (tertiary/aromatic N) is 1. The van der Waals surface area contributed by atoms with Crippen molar-refractivity contribution in [2.24, 2.45) is 5.84 Å². The summed E-state index contributed by atoms with van der Waals surface area (Å²) < 4.78 is 0. The second-order valence-corrected chi connectivity index (χ2v) is 3.83. The van der Waals surface area contributed by atoms with Crippen LogP contribution in [0.4, 0.5) is 5.69 Å². The summed E-state index contributed by atoms with van der Waals surface area (Å²) in [6.07, 6.45) is 1.74. The molecular weight excluding hydrogens is 186 g/mol. The van der Waals surface area contributed by atoms with E-state index in [9.17, 15) is 0 Å². The molecule has 4 heteroatoms. The van der Waals surface area contributed by atoms with Crippen LogP contribution in [-0.2, 0) is 5.41 Å². The van der Waals surface area contributed by atoms with E-state index in [1.54, 1.807) is 6.20 Å². The number of hydrogen-bond acceptors (Lipinski definition) is 3.